The first-order valence-electron chi connectivity index (χ1n) is 6.56. The van der Waals surface area contributed by atoms with Gasteiger partial charge in [-0.2, -0.15) is 18.2 Å². The topological polar surface area (TPSA) is 78.9 Å². The van der Waals surface area contributed by atoms with Gasteiger partial charge in [0.1, 0.15) is 5.82 Å². The molecule has 0 aliphatic heterocycles. The van der Waals surface area contributed by atoms with Gasteiger partial charge in [0.25, 0.3) is 0 Å². The van der Waals surface area contributed by atoms with Crippen LogP contribution in [0.5, 0.6) is 0 Å². The summed E-state index contributed by atoms with van der Waals surface area (Å²) in [7, 11) is 1.44. The van der Waals surface area contributed by atoms with E-state index in [9.17, 15) is 18.0 Å². The van der Waals surface area contributed by atoms with E-state index in [1.807, 2.05) is 0 Å². The molecule has 6 nitrogen and oxygen atoms in total. The summed E-state index contributed by atoms with van der Waals surface area (Å²) in [6.45, 7) is 0.617. The van der Waals surface area contributed by atoms with Crippen LogP contribution in [0.15, 0.2) is 6.07 Å². The number of halogens is 3. The molecule has 3 N–H and O–H groups in total. The number of nitrogens with one attached hydrogen (secondary N) is 3. The van der Waals surface area contributed by atoms with E-state index in [0.29, 0.717) is 6.54 Å². The van der Waals surface area contributed by atoms with Crippen LogP contribution >= 0.6 is 0 Å². The van der Waals surface area contributed by atoms with Crippen LogP contribution in [0.3, 0.4) is 0 Å². The van der Waals surface area contributed by atoms with Crippen molar-refractivity contribution in [2.75, 3.05) is 30.8 Å². The molecular formula is C12H16F3N5O. The molecule has 116 valence electrons. The number of rotatable bonds is 6. The van der Waals surface area contributed by atoms with Crippen LogP contribution in [-0.4, -0.2) is 36.0 Å². The first-order chi connectivity index (χ1) is 9.90. The van der Waals surface area contributed by atoms with E-state index in [1.165, 1.54) is 7.05 Å². The molecule has 1 fully saturated rings. The number of carbonyl (C=O) groups is 1. The Bertz CT molecular complexity index is 516. The smallest absolute Gasteiger partial charge is 0.368 e. The van der Waals surface area contributed by atoms with Gasteiger partial charge in [0.05, 0.1) is 0 Å². The molecule has 0 saturated heterocycles. The third kappa shape index (κ3) is 4.47. The van der Waals surface area contributed by atoms with Gasteiger partial charge in [-0.25, -0.2) is 4.98 Å². The van der Waals surface area contributed by atoms with Gasteiger partial charge in [0.15, 0.2) is 5.69 Å². The maximum atomic E-state index is 12.7. The summed E-state index contributed by atoms with van der Waals surface area (Å²) in [6, 6.07) is 0.837. The zero-order valence-electron chi connectivity index (χ0n) is 11.4. The third-order valence-corrected chi connectivity index (χ3v) is 2.92. The van der Waals surface area contributed by atoms with Crippen molar-refractivity contribution < 1.29 is 18.0 Å². The number of amides is 1. The van der Waals surface area contributed by atoms with Crippen LogP contribution in [0.4, 0.5) is 24.9 Å². The fraction of sp³-hybridized carbons (Fsp3) is 0.583. The van der Waals surface area contributed by atoms with Gasteiger partial charge in [0.2, 0.25) is 11.9 Å². The molecule has 1 aliphatic rings. The summed E-state index contributed by atoms with van der Waals surface area (Å²) >= 11 is 0. The van der Waals surface area contributed by atoms with Crippen molar-refractivity contribution in [3.05, 3.63) is 11.8 Å². The van der Waals surface area contributed by atoms with Gasteiger partial charge >= 0.3 is 6.18 Å². The molecule has 1 heterocycles. The van der Waals surface area contributed by atoms with Gasteiger partial charge in [0, 0.05) is 32.1 Å². The van der Waals surface area contributed by atoms with Crippen molar-refractivity contribution in [1.29, 1.82) is 0 Å². The number of carbonyl (C=O) groups excluding carboxylic acids is 1. The molecule has 1 aromatic rings. The van der Waals surface area contributed by atoms with Crippen LogP contribution in [0.1, 0.15) is 18.5 Å². The second-order valence-corrected chi connectivity index (χ2v) is 4.70. The fourth-order valence-corrected chi connectivity index (χ4v) is 1.66. The molecule has 1 amide bonds. The van der Waals surface area contributed by atoms with Crippen molar-refractivity contribution in [3.8, 4) is 0 Å². The SMILES string of the molecule is CNc1nc(NCCNC(=O)C2CC2)cc(C(F)(F)F)n1. The Balaban J connectivity index is 1.90. The van der Waals surface area contributed by atoms with E-state index in [0.717, 1.165) is 18.9 Å². The minimum atomic E-state index is -4.54. The van der Waals surface area contributed by atoms with E-state index in [-0.39, 0.29) is 30.1 Å². The molecular weight excluding hydrogens is 287 g/mol. The number of hydrogen-bond donors (Lipinski definition) is 3. The van der Waals surface area contributed by atoms with E-state index < -0.39 is 11.9 Å². The molecule has 0 atom stereocenters. The lowest BCUT2D eigenvalue weighted by Gasteiger charge is -2.11. The van der Waals surface area contributed by atoms with Crippen LogP contribution in [0.25, 0.3) is 0 Å². The first kappa shape index (κ1) is 15.3. The second-order valence-electron chi connectivity index (χ2n) is 4.70. The molecule has 1 aromatic heterocycles. The summed E-state index contributed by atoms with van der Waals surface area (Å²) in [5.74, 6) is 0.0415. The normalized spacial score (nSPS) is 14.7. The fourth-order valence-electron chi connectivity index (χ4n) is 1.66. The predicted molar refractivity (Wildman–Crippen MR) is 70.8 cm³/mol. The average molecular weight is 303 g/mol. The molecule has 0 unspecified atom stereocenters. The summed E-state index contributed by atoms with van der Waals surface area (Å²) in [5.41, 5.74) is -1.02. The quantitative estimate of drug-likeness (QED) is 0.694. The molecule has 0 spiro atoms. The molecule has 0 aromatic carbocycles. The predicted octanol–water partition coefficient (Wildman–Crippen LogP) is 1.48. The minimum absolute atomic E-state index is 0.00798. The van der Waals surface area contributed by atoms with Gasteiger partial charge in [-0.1, -0.05) is 0 Å². The van der Waals surface area contributed by atoms with E-state index in [4.69, 9.17) is 0 Å². The highest BCUT2D eigenvalue weighted by molar-refractivity contribution is 5.80. The molecule has 21 heavy (non-hydrogen) atoms. The maximum Gasteiger partial charge on any atom is 0.433 e. The summed E-state index contributed by atoms with van der Waals surface area (Å²) < 4.78 is 38.0. The largest absolute Gasteiger partial charge is 0.433 e. The standard InChI is InChI=1S/C12H16F3N5O/c1-16-11-19-8(12(13,14)15)6-9(20-11)17-4-5-18-10(21)7-2-3-7/h6-7H,2-5H2,1H3,(H,18,21)(H2,16,17,19,20). The van der Waals surface area contributed by atoms with E-state index in [1.54, 1.807) is 0 Å². The Labute approximate surface area is 119 Å². The Hall–Kier alpha value is -2.06. The van der Waals surface area contributed by atoms with Crippen molar-refractivity contribution in [1.82, 2.24) is 15.3 Å². The Kier molecular flexibility index (Phi) is 4.49. The first-order valence-corrected chi connectivity index (χ1v) is 6.56. The highest BCUT2D eigenvalue weighted by Crippen LogP contribution is 2.30. The van der Waals surface area contributed by atoms with Crippen LogP contribution in [0, 0.1) is 5.92 Å². The number of anilines is 2. The zero-order valence-corrected chi connectivity index (χ0v) is 11.4. The molecule has 0 radical (unpaired) electrons. The number of alkyl halides is 3. The summed E-state index contributed by atoms with van der Waals surface area (Å²) in [5, 5.41) is 7.93. The molecule has 1 aliphatic carbocycles. The molecule has 0 bridgehead atoms. The Morgan fingerprint density at radius 2 is 2.05 bits per heavy atom. The average Bonchev–Trinajstić information content (AvgIpc) is 3.26. The van der Waals surface area contributed by atoms with Gasteiger partial charge in [-0.3, -0.25) is 4.79 Å². The van der Waals surface area contributed by atoms with Crippen LogP contribution in [0.2, 0.25) is 0 Å². The van der Waals surface area contributed by atoms with Crippen molar-refractivity contribution >= 4 is 17.7 Å². The second kappa shape index (κ2) is 6.15. The van der Waals surface area contributed by atoms with Crippen molar-refractivity contribution in [2.45, 2.75) is 19.0 Å². The van der Waals surface area contributed by atoms with Gasteiger partial charge in [-0.15, -0.1) is 0 Å². The van der Waals surface area contributed by atoms with Crippen molar-refractivity contribution in [3.63, 3.8) is 0 Å². The Morgan fingerprint density at radius 3 is 2.62 bits per heavy atom. The van der Waals surface area contributed by atoms with Gasteiger partial charge < -0.3 is 16.0 Å². The summed E-state index contributed by atoms with van der Waals surface area (Å²) in [4.78, 5) is 18.6. The Morgan fingerprint density at radius 1 is 1.33 bits per heavy atom. The number of nitrogens with zero attached hydrogens (tertiary/aromatic N) is 2. The molecule has 2 rings (SSSR count). The zero-order chi connectivity index (χ0) is 15.5. The van der Waals surface area contributed by atoms with Crippen LogP contribution in [-0.2, 0) is 11.0 Å². The highest BCUT2D eigenvalue weighted by Gasteiger charge is 2.33. The minimum Gasteiger partial charge on any atom is -0.368 e. The number of aromatic nitrogens is 2. The van der Waals surface area contributed by atoms with Gasteiger partial charge in [-0.05, 0) is 12.8 Å². The lowest BCUT2D eigenvalue weighted by Crippen LogP contribution is -2.30. The maximum absolute atomic E-state index is 12.7. The lowest BCUT2D eigenvalue weighted by molar-refractivity contribution is -0.141. The lowest BCUT2D eigenvalue weighted by atomic mass is 10.3. The van der Waals surface area contributed by atoms with E-state index >= 15 is 0 Å². The van der Waals surface area contributed by atoms with Crippen LogP contribution < -0.4 is 16.0 Å². The number of hydrogen-bond acceptors (Lipinski definition) is 5. The van der Waals surface area contributed by atoms with Crippen molar-refractivity contribution in [2.24, 2.45) is 5.92 Å². The summed E-state index contributed by atoms with van der Waals surface area (Å²) in [6.07, 6.45) is -2.72. The monoisotopic (exact) mass is 303 g/mol. The highest BCUT2D eigenvalue weighted by atomic mass is 19.4. The molecule has 1 saturated carbocycles. The molecule has 9 heteroatoms. The third-order valence-electron chi connectivity index (χ3n) is 2.92. The van der Waals surface area contributed by atoms with E-state index in [2.05, 4.69) is 25.9 Å².